The average molecular weight is 330 g/mol. The number of nitrogens with one attached hydrogen (secondary N) is 2. The number of nitrogens with zero attached hydrogens (tertiary/aromatic N) is 1. The lowest BCUT2D eigenvalue weighted by Gasteiger charge is -2.23. The van der Waals surface area contributed by atoms with Crippen LogP contribution in [0.15, 0.2) is 23.9 Å². The van der Waals surface area contributed by atoms with Gasteiger partial charge in [0.15, 0.2) is 5.70 Å². The number of carbonyl (C=O) groups is 1. The predicted octanol–water partition coefficient (Wildman–Crippen LogP) is 2.96. The largest absolute Gasteiger partial charge is 0.461 e. The molecule has 21 heavy (non-hydrogen) atoms. The molecule has 1 aromatic carbocycles. The Labute approximate surface area is 133 Å². The number of halogens is 2. The summed E-state index contributed by atoms with van der Waals surface area (Å²) in [5, 5.41) is 2.60. The van der Waals surface area contributed by atoms with Gasteiger partial charge in [-0.15, -0.1) is 5.53 Å². The highest BCUT2D eigenvalue weighted by molar-refractivity contribution is 6.37. The van der Waals surface area contributed by atoms with Crippen molar-refractivity contribution in [1.82, 2.24) is 16.0 Å². The third-order valence-electron chi connectivity index (χ3n) is 2.98. The summed E-state index contributed by atoms with van der Waals surface area (Å²) in [6.07, 6.45) is 0. The van der Waals surface area contributed by atoms with Gasteiger partial charge in [-0.25, -0.2) is 4.79 Å². The first kappa shape index (κ1) is 15.9. The molecule has 1 aliphatic rings. The van der Waals surface area contributed by atoms with Gasteiger partial charge in [-0.1, -0.05) is 29.3 Å². The van der Waals surface area contributed by atoms with Crippen LogP contribution in [0.5, 0.6) is 0 Å². The zero-order valence-electron chi connectivity index (χ0n) is 12.0. The van der Waals surface area contributed by atoms with E-state index in [4.69, 9.17) is 27.9 Å². The smallest absolute Gasteiger partial charge is 0.358 e. The van der Waals surface area contributed by atoms with Gasteiger partial charge < -0.3 is 10.2 Å². The Bertz CT molecular complexity index is 567. The molecule has 0 aromatic heterocycles. The highest BCUT2D eigenvalue weighted by Gasteiger charge is 2.33. The van der Waals surface area contributed by atoms with E-state index in [-0.39, 0.29) is 12.6 Å². The van der Waals surface area contributed by atoms with Crippen molar-refractivity contribution in [2.24, 2.45) is 0 Å². The summed E-state index contributed by atoms with van der Waals surface area (Å²) < 4.78 is 5.13. The van der Waals surface area contributed by atoms with Crippen LogP contribution in [-0.4, -0.2) is 23.6 Å². The number of hydrogen-bond donors (Lipinski definition) is 2. The van der Waals surface area contributed by atoms with E-state index >= 15 is 0 Å². The number of ether oxygens (including phenoxy) is 1. The minimum absolute atomic E-state index is 0.0377. The Hall–Kier alpha value is -1.43. The molecule has 1 aliphatic heterocycles. The molecule has 0 saturated carbocycles. The van der Waals surface area contributed by atoms with E-state index in [1.807, 2.05) is 13.8 Å². The zero-order chi connectivity index (χ0) is 15.6. The summed E-state index contributed by atoms with van der Waals surface area (Å²) in [7, 11) is 0. The molecule has 0 amide bonds. The lowest BCUT2D eigenvalue weighted by Crippen LogP contribution is -2.43. The second kappa shape index (κ2) is 6.56. The first-order chi connectivity index (χ1) is 9.97. The predicted molar refractivity (Wildman–Crippen MR) is 83.3 cm³/mol. The van der Waals surface area contributed by atoms with Gasteiger partial charge in [0.05, 0.1) is 22.3 Å². The number of rotatable bonds is 4. The molecule has 0 unspecified atom stereocenters. The fourth-order valence-corrected chi connectivity index (χ4v) is 2.64. The van der Waals surface area contributed by atoms with Crippen molar-refractivity contribution in [3.8, 4) is 0 Å². The monoisotopic (exact) mass is 329 g/mol. The third kappa shape index (κ3) is 3.10. The van der Waals surface area contributed by atoms with Crippen molar-refractivity contribution < 1.29 is 9.53 Å². The van der Waals surface area contributed by atoms with Crippen LogP contribution in [0.25, 0.3) is 5.70 Å². The minimum atomic E-state index is -0.435. The van der Waals surface area contributed by atoms with Crippen molar-refractivity contribution in [2.75, 3.05) is 6.61 Å². The van der Waals surface area contributed by atoms with Gasteiger partial charge in [0.2, 0.25) is 0 Å². The van der Waals surface area contributed by atoms with E-state index in [1.165, 1.54) is 0 Å². The normalized spacial score (nSPS) is 14.7. The Morgan fingerprint density at radius 3 is 2.48 bits per heavy atom. The van der Waals surface area contributed by atoms with Crippen molar-refractivity contribution in [3.05, 3.63) is 39.5 Å². The van der Waals surface area contributed by atoms with Gasteiger partial charge in [0.25, 0.3) is 0 Å². The zero-order valence-corrected chi connectivity index (χ0v) is 13.5. The first-order valence-electron chi connectivity index (χ1n) is 6.64. The molecule has 7 heteroatoms. The lowest BCUT2D eigenvalue weighted by atomic mass is 10.1. The number of carbonyl (C=O) groups excluding carboxylic acids is 1. The molecule has 0 aliphatic carbocycles. The maximum Gasteiger partial charge on any atom is 0.358 e. The van der Waals surface area contributed by atoms with Crippen molar-refractivity contribution in [2.45, 2.75) is 26.8 Å². The fraction of sp³-hybridized carbons (Fsp3) is 0.357. The number of esters is 1. The summed E-state index contributed by atoms with van der Waals surface area (Å²) in [6.45, 7) is 5.95. The molecule has 0 atom stereocenters. The Morgan fingerprint density at radius 1 is 1.33 bits per heavy atom. The second-order valence-electron chi connectivity index (χ2n) is 4.74. The highest BCUT2D eigenvalue weighted by Crippen LogP contribution is 2.34. The lowest BCUT2D eigenvalue weighted by molar-refractivity contribution is -0.140. The molecule has 2 rings (SSSR count). The average Bonchev–Trinajstić information content (AvgIpc) is 2.83. The molecule has 1 aromatic rings. The third-order valence-corrected chi connectivity index (χ3v) is 3.61. The Morgan fingerprint density at radius 2 is 1.95 bits per heavy atom. The molecule has 0 radical (unpaired) electrons. The standard InChI is InChI=1S/C14H17Cl2N3O2/c1-4-21-14(20)13-12(17-18-19(13)8(2)3)11-9(15)6-5-7-10(11)16/h5-8,17-18H,4H2,1-3H3. The van der Waals surface area contributed by atoms with Crippen LogP contribution in [0.3, 0.4) is 0 Å². The van der Waals surface area contributed by atoms with E-state index in [0.717, 1.165) is 0 Å². The molecule has 114 valence electrons. The maximum absolute atomic E-state index is 12.3. The highest BCUT2D eigenvalue weighted by atomic mass is 35.5. The van der Waals surface area contributed by atoms with Crippen molar-refractivity contribution in [1.29, 1.82) is 0 Å². The van der Waals surface area contributed by atoms with Crippen LogP contribution in [-0.2, 0) is 9.53 Å². The molecule has 0 fully saturated rings. The summed E-state index contributed by atoms with van der Waals surface area (Å²) in [5.74, 6) is -0.435. The summed E-state index contributed by atoms with van der Waals surface area (Å²) in [6, 6.07) is 5.23. The van der Waals surface area contributed by atoms with Crippen LogP contribution in [0.2, 0.25) is 10.0 Å². The Balaban J connectivity index is 2.58. The quantitative estimate of drug-likeness (QED) is 0.832. The van der Waals surface area contributed by atoms with E-state index in [9.17, 15) is 4.79 Å². The molecular formula is C14H17Cl2N3O2. The number of hydrogen-bond acceptors (Lipinski definition) is 5. The Kier molecular flexibility index (Phi) is 4.98. The molecular weight excluding hydrogens is 313 g/mol. The molecule has 2 N–H and O–H groups in total. The van der Waals surface area contributed by atoms with Gasteiger partial charge in [-0.3, -0.25) is 5.01 Å². The first-order valence-corrected chi connectivity index (χ1v) is 7.39. The van der Waals surface area contributed by atoms with E-state index in [0.29, 0.717) is 27.0 Å². The van der Waals surface area contributed by atoms with Crippen LogP contribution < -0.4 is 11.0 Å². The van der Waals surface area contributed by atoms with Gasteiger partial charge in [-0.2, -0.15) is 0 Å². The topological polar surface area (TPSA) is 53.6 Å². The minimum Gasteiger partial charge on any atom is -0.461 e. The molecule has 5 nitrogen and oxygen atoms in total. The maximum atomic E-state index is 12.3. The fourth-order valence-electron chi connectivity index (χ4n) is 2.06. The molecule has 0 spiro atoms. The van der Waals surface area contributed by atoms with Crippen LogP contribution in [0.4, 0.5) is 0 Å². The van der Waals surface area contributed by atoms with Gasteiger partial charge in [0, 0.05) is 11.6 Å². The van der Waals surface area contributed by atoms with Crippen molar-refractivity contribution >= 4 is 34.9 Å². The van der Waals surface area contributed by atoms with E-state index < -0.39 is 5.97 Å². The van der Waals surface area contributed by atoms with Gasteiger partial charge >= 0.3 is 5.97 Å². The molecule has 0 saturated heterocycles. The van der Waals surface area contributed by atoms with Gasteiger partial charge in [-0.05, 0) is 32.9 Å². The summed E-state index contributed by atoms with van der Waals surface area (Å²) in [5.41, 5.74) is 7.34. The van der Waals surface area contributed by atoms with Gasteiger partial charge in [0.1, 0.15) is 0 Å². The van der Waals surface area contributed by atoms with E-state index in [2.05, 4.69) is 11.0 Å². The SMILES string of the molecule is CCOC(=O)C1=C(c2c(Cl)cccc2Cl)NNN1C(C)C. The number of benzene rings is 1. The summed E-state index contributed by atoms with van der Waals surface area (Å²) in [4.78, 5) is 12.3. The summed E-state index contributed by atoms with van der Waals surface area (Å²) >= 11 is 12.5. The van der Waals surface area contributed by atoms with Crippen molar-refractivity contribution in [3.63, 3.8) is 0 Å². The van der Waals surface area contributed by atoms with Crippen LogP contribution >= 0.6 is 23.2 Å². The number of hydrazine groups is 2. The van der Waals surface area contributed by atoms with Crippen LogP contribution in [0.1, 0.15) is 26.3 Å². The van der Waals surface area contributed by atoms with E-state index in [1.54, 1.807) is 30.1 Å². The second-order valence-corrected chi connectivity index (χ2v) is 5.56. The molecule has 0 bridgehead atoms. The molecule has 1 heterocycles. The van der Waals surface area contributed by atoms with Crippen LogP contribution in [0, 0.1) is 0 Å².